The maximum absolute atomic E-state index is 11.5. The van der Waals surface area contributed by atoms with E-state index in [9.17, 15) is 9.59 Å². The molecule has 2 aromatic heterocycles. The summed E-state index contributed by atoms with van der Waals surface area (Å²) >= 11 is 2.83. The molecule has 0 aliphatic heterocycles. The topological polar surface area (TPSA) is 72.2 Å². The van der Waals surface area contributed by atoms with Gasteiger partial charge in [0.05, 0.1) is 5.56 Å². The maximum atomic E-state index is 11.5. The van der Waals surface area contributed by atoms with E-state index in [1.165, 1.54) is 29.6 Å². The molecule has 0 unspecified atom stereocenters. The van der Waals surface area contributed by atoms with Gasteiger partial charge in [-0.2, -0.15) is 0 Å². The van der Waals surface area contributed by atoms with Crippen molar-refractivity contribution in [3.8, 4) is 10.4 Å². The average molecular weight is 266 g/mol. The number of rotatable bonds is 3. The van der Waals surface area contributed by atoms with Gasteiger partial charge in [-0.1, -0.05) is 6.07 Å². The summed E-state index contributed by atoms with van der Waals surface area (Å²) in [6.07, 6.45) is 0. The molecule has 0 bridgehead atoms. The Hall–Kier alpha value is -1.66. The molecule has 4 nitrogen and oxygen atoms in total. The van der Waals surface area contributed by atoms with E-state index in [1.54, 1.807) is 0 Å². The molecule has 2 rings (SSSR count). The second-order valence-electron chi connectivity index (χ2n) is 3.38. The lowest BCUT2D eigenvalue weighted by atomic mass is 10.1. The third-order valence-electron chi connectivity index (χ3n) is 2.11. The highest BCUT2D eigenvalue weighted by atomic mass is 32.1. The molecule has 88 valence electrons. The molecular formula is C11H10N2O2S2. The van der Waals surface area contributed by atoms with Gasteiger partial charge in [-0.3, -0.25) is 9.59 Å². The number of nitrogens with one attached hydrogen (secondary N) is 1. The molecule has 0 atom stereocenters. The van der Waals surface area contributed by atoms with E-state index in [0.29, 0.717) is 10.6 Å². The van der Waals surface area contributed by atoms with Crippen LogP contribution in [0.1, 0.15) is 17.3 Å². The second-order valence-corrected chi connectivity index (χ2v) is 5.20. The Morgan fingerprint density at radius 3 is 2.65 bits per heavy atom. The van der Waals surface area contributed by atoms with Gasteiger partial charge in [-0.05, 0) is 11.4 Å². The van der Waals surface area contributed by atoms with Crippen LogP contribution >= 0.6 is 22.7 Å². The van der Waals surface area contributed by atoms with Crippen molar-refractivity contribution in [1.29, 1.82) is 0 Å². The van der Waals surface area contributed by atoms with E-state index in [0.717, 1.165) is 10.4 Å². The van der Waals surface area contributed by atoms with Gasteiger partial charge in [0.15, 0.2) is 0 Å². The van der Waals surface area contributed by atoms with E-state index < -0.39 is 5.91 Å². The highest BCUT2D eigenvalue weighted by Crippen LogP contribution is 2.37. The summed E-state index contributed by atoms with van der Waals surface area (Å²) in [7, 11) is 0. The number of hydrogen-bond acceptors (Lipinski definition) is 4. The minimum absolute atomic E-state index is 0.216. The molecule has 2 heterocycles. The van der Waals surface area contributed by atoms with E-state index >= 15 is 0 Å². The number of primary amides is 1. The number of thiophene rings is 2. The monoisotopic (exact) mass is 266 g/mol. The predicted molar refractivity (Wildman–Crippen MR) is 70.5 cm³/mol. The number of carbonyl (C=O) groups is 2. The van der Waals surface area contributed by atoms with E-state index in [1.807, 2.05) is 22.9 Å². The molecule has 0 radical (unpaired) electrons. The molecular weight excluding hydrogens is 256 g/mol. The van der Waals surface area contributed by atoms with Crippen molar-refractivity contribution in [3.63, 3.8) is 0 Å². The Kier molecular flexibility index (Phi) is 3.26. The van der Waals surface area contributed by atoms with Crippen LogP contribution in [0.4, 0.5) is 5.00 Å². The first kappa shape index (κ1) is 11.8. The van der Waals surface area contributed by atoms with Crippen LogP contribution in [0.25, 0.3) is 10.4 Å². The van der Waals surface area contributed by atoms with Gasteiger partial charge >= 0.3 is 0 Å². The van der Waals surface area contributed by atoms with Crippen molar-refractivity contribution in [2.24, 2.45) is 5.73 Å². The number of nitrogens with two attached hydrogens (primary N) is 1. The molecule has 0 aliphatic carbocycles. The number of anilines is 1. The fourth-order valence-corrected chi connectivity index (χ4v) is 3.30. The molecule has 0 aromatic carbocycles. The molecule has 0 saturated carbocycles. The second kappa shape index (κ2) is 4.68. The van der Waals surface area contributed by atoms with Gasteiger partial charge < -0.3 is 11.1 Å². The van der Waals surface area contributed by atoms with Crippen LogP contribution < -0.4 is 11.1 Å². The normalized spacial score (nSPS) is 10.2. The van der Waals surface area contributed by atoms with Gasteiger partial charge in [-0.15, -0.1) is 22.7 Å². The third kappa shape index (κ3) is 2.37. The highest BCUT2D eigenvalue weighted by Gasteiger charge is 2.19. The first-order valence-corrected chi connectivity index (χ1v) is 6.58. The minimum Gasteiger partial charge on any atom is -0.365 e. The molecule has 0 saturated heterocycles. The smallest absolute Gasteiger partial charge is 0.252 e. The van der Waals surface area contributed by atoms with Crippen LogP contribution in [0.5, 0.6) is 0 Å². The fourth-order valence-electron chi connectivity index (χ4n) is 1.47. The van der Waals surface area contributed by atoms with Crippen LogP contribution in [0.2, 0.25) is 0 Å². The zero-order chi connectivity index (χ0) is 12.4. The minimum atomic E-state index is -0.529. The van der Waals surface area contributed by atoms with Crippen LogP contribution in [-0.2, 0) is 4.79 Å². The van der Waals surface area contributed by atoms with Gasteiger partial charge in [0.25, 0.3) is 5.91 Å². The molecule has 3 N–H and O–H groups in total. The number of carbonyl (C=O) groups excluding carboxylic acids is 2. The summed E-state index contributed by atoms with van der Waals surface area (Å²) in [4.78, 5) is 23.5. The van der Waals surface area contributed by atoms with Gasteiger partial charge in [0.2, 0.25) is 5.91 Å². The summed E-state index contributed by atoms with van der Waals surface area (Å²) in [5, 5.41) is 6.89. The Labute approximate surface area is 106 Å². The first-order valence-electron chi connectivity index (χ1n) is 4.82. The third-order valence-corrected chi connectivity index (χ3v) is 3.91. The molecule has 0 fully saturated rings. The largest absolute Gasteiger partial charge is 0.365 e. The van der Waals surface area contributed by atoms with E-state index in [-0.39, 0.29) is 5.91 Å². The van der Waals surface area contributed by atoms with Crippen molar-refractivity contribution >= 4 is 39.5 Å². The van der Waals surface area contributed by atoms with E-state index in [2.05, 4.69) is 5.32 Å². The summed E-state index contributed by atoms with van der Waals surface area (Å²) in [5.41, 5.74) is 6.52. The lowest BCUT2D eigenvalue weighted by Crippen LogP contribution is -2.15. The van der Waals surface area contributed by atoms with Crippen LogP contribution in [0.15, 0.2) is 22.9 Å². The van der Waals surface area contributed by atoms with Gasteiger partial charge in [-0.25, -0.2) is 0 Å². The number of hydrogen-bond donors (Lipinski definition) is 2. The van der Waals surface area contributed by atoms with Gasteiger partial charge in [0, 0.05) is 22.7 Å². The Balaban J connectivity index is 2.51. The first-order chi connectivity index (χ1) is 8.09. The lowest BCUT2D eigenvalue weighted by molar-refractivity contribution is -0.114. The van der Waals surface area contributed by atoms with Gasteiger partial charge in [0.1, 0.15) is 5.00 Å². The average Bonchev–Trinajstić information content (AvgIpc) is 2.82. The SMILES string of the molecule is CC(=O)Nc1scc(-c2cccs2)c1C(N)=O. The Morgan fingerprint density at radius 2 is 2.12 bits per heavy atom. The van der Waals surface area contributed by atoms with Crippen LogP contribution in [-0.4, -0.2) is 11.8 Å². The van der Waals surface area contributed by atoms with Crippen molar-refractivity contribution < 1.29 is 9.59 Å². The van der Waals surface area contributed by atoms with Crippen molar-refractivity contribution in [2.75, 3.05) is 5.32 Å². The quantitative estimate of drug-likeness (QED) is 0.896. The summed E-state index contributed by atoms with van der Waals surface area (Å²) in [6.45, 7) is 1.40. The summed E-state index contributed by atoms with van der Waals surface area (Å²) in [6, 6.07) is 3.82. The van der Waals surface area contributed by atoms with E-state index in [4.69, 9.17) is 5.73 Å². The molecule has 17 heavy (non-hydrogen) atoms. The van der Waals surface area contributed by atoms with Crippen molar-refractivity contribution in [1.82, 2.24) is 0 Å². The maximum Gasteiger partial charge on any atom is 0.252 e. The highest BCUT2D eigenvalue weighted by molar-refractivity contribution is 7.17. The van der Waals surface area contributed by atoms with Crippen LogP contribution in [0, 0.1) is 0 Å². The molecule has 2 amide bonds. The lowest BCUT2D eigenvalue weighted by Gasteiger charge is -2.02. The summed E-state index contributed by atoms with van der Waals surface area (Å²) in [5.74, 6) is -0.745. The number of amides is 2. The fraction of sp³-hybridized carbons (Fsp3) is 0.0909. The standard InChI is InChI=1S/C11H10N2O2S2/c1-6(14)13-11-9(10(12)15)7(5-17-11)8-3-2-4-16-8/h2-5H,1H3,(H2,12,15)(H,13,14). The zero-order valence-corrected chi connectivity index (χ0v) is 10.7. The molecule has 0 aliphatic rings. The molecule has 6 heteroatoms. The Morgan fingerprint density at radius 1 is 1.35 bits per heavy atom. The molecule has 0 spiro atoms. The van der Waals surface area contributed by atoms with Crippen molar-refractivity contribution in [3.05, 3.63) is 28.5 Å². The van der Waals surface area contributed by atoms with Crippen molar-refractivity contribution in [2.45, 2.75) is 6.92 Å². The van der Waals surface area contributed by atoms with Crippen LogP contribution in [0.3, 0.4) is 0 Å². The Bertz CT molecular complexity index is 558. The zero-order valence-electron chi connectivity index (χ0n) is 9.02. The molecule has 2 aromatic rings. The summed E-state index contributed by atoms with van der Waals surface area (Å²) < 4.78 is 0. The predicted octanol–water partition coefficient (Wildman–Crippen LogP) is 2.53.